The van der Waals surface area contributed by atoms with Gasteiger partial charge in [-0.3, -0.25) is 24.2 Å². The summed E-state index contributed by atoms with van der Waals surface area (Å²) in [5.74, 6) is -1.23. The molecule has 136 valence electrons. The number of nitrogens with one attached hydrogen (secondary N) is 1. The number of aromatic amines is 1. The molecule has 0 unspecified atom stereocenters. The van der Waals surface area contributed by atoms with Gasteiger partial charge < -0.3 is 4.98 Å². The van der Waals surface area contributed by atoms with Gasteiger partial charge in [0.1, 0.15) is 5.82 Å². The summed E-state index contributed by atoms with van der Waals surface area (Å²) in [6.45, 7) is 4.30. The van der Waals surface area contributed by atoms with Gasteiger partial charge in [0.25, 0.3) is 5.56 Å². The van der Waals surface area contributed by atoms with Gasteiger partial charge in [0, 0.05) is 6.54 Å². The Morgan fingerprint density at radius 3 is 2.38 bits per heavy atom. The summed E-state index contributed by atoms with van der Waals surface area (Å²) in [5, 5.41) is 0.494. The lowest BCUT2D eigenvalue weighted by molar-refractivity contribution is -0.143. The lowest BCUT2D eigenvalue weighted by Crippen LogP contribution is -2.42. The summed E-state index contributed by atoms with van der Waals surface area (Å²) < 4.78 is 0. The number of hydrogen-bond acceptors (Lipinski definition) is 6. The van der Waals surface area contributed by atoms with Crippen molar-refractivity contribution in [1.29, 1.82) is 0 Å². The molecule has 0 aliphatic carbocycles. The number of amides is 4. The Labute approximate surface area is 149 Å². The maximum atomic E-state index is 12.2. The fraction of sp³-hybridized carbons (Fsp3) is 0.353. The number of carbonyl (C=O) groups excluding carboxylic acids is 3. The predicted molar refractivity (Wildman–Crippen MR) is 92.9 cm³/mol. The SMILES string of the molecule is CCN(Cc1nc2ccccc2c(=O)[nH]1)CN1C(=O)C(=O)N(CC)C1=O. The molecule has 1 N–H and O–H groups in total. The largest absolute Gasteiger partial charge is 0.335 e. The van der Waals surface area contributed by atoms with Crippen LogP contribution in [0.4, 0.5) is 4.79 Å². The lowest BCUT2D eigenvalue weighted by atomic mass is 10.2. The topological polar surface area (TPSA) is 107 Å². The van der Waals surface area contributed by atoms with E-state index in [4.69, 9.17) is 0 Å². The number of H-pyrrole nitrogens is 1. The zero-order valence-electron chi connectivity index (χ0n) is 14.6. The third kappa shape index (κ3) is 3.08. The summed E-state index contributed by atoms with van der Waals surface area (Å²) in [6.07, 6.45) is 0. The van der Waals surface area contributed by atoms with Crippen molar-refractivity contribution >= 4 is 28.7 Å². The van der Waals surface area contributed by atoms with Crippen LogP contribution in [0.15, 0.2) is 29.1 Å². The van der Waals surface area contributed by atoms with Gasteiger partial charge in [-0.15, -0.1) is 0 Å². The molecular formula is C17H19N5O4. The molecule has 0 radical (unpaired) electrons. The quantitative estimate of drug-likeness (QED) is 0.596. The summed E-state index contributed by atoms with van der Waals surface area (Å²) in [5.41, 5.74) is 0.324. The van der Waals surface area contributed by atoms with Crippen molar-refractivity contribution in [3.63, 3.8) is 0 Å². The van der Waals surface area contributed by atoms with Gasteiger partial charge in [-0.2, -0.15) is 0 Å². The minimum absolute atomic E-state index is 0.0487. The number of urea groups is 1. The zero-order chi connectivity index (χ0) is 18.8. The van der Waals surface area contributed by atoms with Crippen molar-refractivity contribution in [3.8, 4) is 0 Å². The monoisotopic (exact) mass is 357 g/mol. The predicted octanol–water partition coefficient (Wildman–Crippen LogP) is 0.513. The van der Waals surface area contributed by atoms with Crippen molar-refractivity contribution in [1.82, 2.24) is 24.7 Å². The average Bonchev–Trinajstić information content (AvgIpc) is 2.84. The van der Waals surface area contributed by atoms with Crippen LogP contribution in [0.5, 0.6) is 0 Å². The molecule has 26 heavy (non-hydrogen) atoms. The van der Waals surface area contributed by atoms with Crippen LogP contribution < -0.4 is 5.56 Å². The van der Waals surface area contributed by atoms with E-state index >= 15 is 0 Å². The second kappa shape index (κ2) is 7.04. The minimum Gasteiger partial charge on any atom is -0.309 e. The van der Waals surface area contributed by atoms with Gasteiger partial charge in [0.2, 0.25) is 0 Å². The molecule has 9 heteroatoms. The molecule has 0 saturated carbocycles. The fourth-order valence-electron chi connectivity index (χ4n) is 2.84. The standard InChI is InChI=1S/C17H19N5O4/c1-3-20(10-22-16(25)15(24)21(4-2)17(22)26)9-13-18-12-8-6-5-7-11(12)14(23)19-13/h5-8H,3-4,9-10H2,1-2H3,(H,18,19,23). The Bertz CT molecular complexity index is 938. The van der Waals surface area contributed by atoms with Crippen LogP contribution in [0.25, 0.3) is 10.9 Å². The normalized spacial score (nSPS) is 15.0. The number of likely N-dealkylation sites (N-methyl/N-ethyl adjacent to an activating group) is 1. The van der Waals surface area contributed by atoms with Gasteiger partial charge in [-0.25, -0.2) is 14.7 Å². The molecule has 4 amide bonds. The Morgan fingerprint density at radius 2 is 1.73 bits per heavy atom. The molecule has 2 aromatic rings. The van der Waals surface area contributed by atoms with Crippen molar-refractivity contribution in [2.24, 2.45) is 0 Å². The molecule has 0 atom stereocenters. The van der Waals surface area contributed by atoms with Gasteiger partial charge in [0.15, 0.2) is 0 Å². The number of nitrogens with zero attached hydrogens (tertiary/aromatic N) is 4. The van der Waals surface area contributed by atoms with E-state index in [1.807, 2.05) is 6.92 Å². The summed E-state index contributed by atoms with van der Waals surface area (Å²) in [4.78, 5) is 58.9. The summed E-state index contributed by atoms with van der Waals surface area (Å²) >= 11 is 0. The van der Waals surface area contributed by atoms with E-state index in [0.29, 0.717) is 23.3 Å². The van der Waals surface area contributed by atoms with Gasteiger partial charge >= 0.3 is 17.8 Å². The molecule has 1 fully saturated rings. The van der Waals surface area contributed by atoms with E-state index in [2.05, 4.69) is 9.97 Å². The van der Waals surface area contributed by atoms with E-state index in [-0.39, 0.29) is 25.3 Å². The molecule has 3 rings (SSSR count). The molecule has 1 aromatic carbocycles. The first-order chi connectivity index (χ1) is 12.5. The molecule has 0 spiro atoms. The van der Waals surface area contributed by atoms with Crippen LogP contribution in [0.3, 0.4) is 0 Å². The average molecular weight is 357 g/mol. The minimum atomic E-state index is -0.838. The number of imide groups is 2. The third-order valence-electron chi connectivity index (χ3n) is 4.28. The molecule has 1 aromatic heterocycles. The molecule has 1 saturated heterocycles. The van der Waals surface area contributed by atoms with E-state index in [9.17, 15) is 19.2 Å². The van der Waals surface area contributed by atoms with Crippen LogP contribution in [0.1, 0.15) is 19.7 Å². The van der Waals surface area contributed by atoms with E-state index in [1.165, 1.54) is 0 Å². The van der Waals surface area contributed by atoms with Crippen molar-refractivity contribution in [3.05, 3.63) is 40.4 Å². The molecule has 2 heterocycles. The smallest absolute Gasteiger partial charge is 0.309 e. The van der Waals surface area contributed by atoms with Crippen LogP contribution >= 0.6 is 0 Å². The number of benzene rings is 1. The maximum absolute atomic E-state index is 12.2. The third-order valence-corrected chi connectivity index (χ3v) is 4.28. The Hall–Kier alpha value is -3.07. The van der Waals surface area contributed by atoms with Crippen molar-refractivity contribution < 1.29 is 14.4 Å². The Balaban J connectivity index is 1.80. The number of rotatable bonds is 6. The van der Waals surface area contributed by atoms with Crippen LogP contribution in [-0.2, 0) is 16.1 Å². The molecule has 0 bridgehead atoms. The van der Waals surface area contributed by atoms with Gasteiger partial charge in [-0.05, 0) is 25.6 Å². The van der Waals surface area contributed by atoms with Crippen LogP contribution in [-0.4, -0.2) is 62.3 Å². The highest BCUT2D eigenvalue weighted by Gasteiger charge is 2.43. The Kier molecular flexibility index (Phi) is 4.81. The Morgan fingerprint density at radius 1 is 1.04 bits per heavy atom. The van der Waals surface area contributed by atoms with Crippen LogP contribution in [0.2, 0.25) is 0 Å². The molecule has 1 aliphatic rings. The number of para-hydroxylation sites is 1. The second-order valence-electron chi connectivity index (χ2n) is 5.88. The van der Waals surface area contributed by atoms with Crippen molar-refractivity contribution in [2.75, 3.05) is 19.8 Å². The number of hydrogen-bond donors (Lipinski definition) is 1. The van der Waals surface area contributed by atoms with E-state index in [1.54, 1.807) is 36.1 Å². The first kappa shape index (κ1) is 17.7. The highest BCUT2D eigenvalue weighted by molar-refractivity contribution is 6.44. The highest BCUT2D eigenvalue weighted by atomic mass is 16.2. The summed E-state index contributed by atoms with van der Waals surface area (Å²) in [7, 11) is 0. The van der Waals surface area contributed by atoms with Gasteiger partial charge in [0.05, 0.1) is 24.1 Å². The molecular weight excluding hydrogens is 338 g/mol. The van der Waals surface area contributed by atoms with Crippen LogP contribution in [0, 0.1) is 0 Å². The van der Waals surface area contributed by atoms with Crippen molar-refractivity contribution in [2.45, 2.75) is 20.4 Å². The fourth-order valence-corrected chi connectivity index (χ4v) is 2.84. The van der Waals surface area contributed by atoms with E-state index < -0.39 is 17.8 Å². The van der Waals surface area contributed by atoms with E-state index in [0.717, 1.165) is 9.80 Å². The molecule has 9 nitrogen and oxygen atoms in total. The summed E-state index contributed by atoms with van der Waals surface area (Å²) in [6, 6.07) is 6.37. The van der Waals surface area contributed by atoms with Gasteiger partial charge in [-0.1, -0.05) is 19.1 Å². The highest BCUT2D eigenvalue weighted by Crippen LogP contribution is 2.13. The number of aromatic nitrogens is 2. The lowest BCUT2D eigenvalue weighted by Gasteiger charge is -2.24. The maximum Gasteiger partial charge on any atom is 0.335 e. The first-order valence-corrected chi connectivity index (χ1v) is 8.33. The first-order valence-electron chi connectivity index (χ1n) is 8.33. The number of carbonyl (C=O) groups is 3. The number of fused-ring (bicyclic) bond motifs is 1. The molecule has 1 aliphatic heterocycles. The second-order valence-corrected chi connectivity index (χ2v) is 5.88. The zero-order valence-corrected chi connectivity index (χ0v) is 14.6.